The Kier molecular flexibility index (Phi) is 4.90. The number of hydrogen-bond acceptors (Lipinski definition) is 4. The molecular formula is C19H15BrN2O4. The smallest absolute Gasteiger partial charge is 0.335 e. The fourth-order valence-electron chi connectivity index (χ4n) is 2.53. The Labute approximate surface area is 158 Å². The van der Waals surface area contributed by atoms with E-state index in [-0.39, 0.29) is 5.57 Å². The van der Waals surface area contributed by atoms with Crippen molar-refractivity contribution in [1.82, 2.24) is 5.32 Å². The highest BCUT2D eigenvalue weighted by molar-refractivity contribution is 9.10. The highest BCUT2D eigenvalue weighted by Crippen LogP contribution is 2.26. The van der Waals surface area contributed by atoms with Gasteiger partial charge >= 0.3 is 6.03 Å². The van der Waals surface area contributed by atoms with Crippen LogP contribution in [0.3, 0.4) is 0 Å². The van der Waals surface area contributed by atoms with Gasteiger partial charge in [0.2, 0.25) is 0 Å². The summed E-state index contributed by atoms with van der Waals surface area (Å²) in [7, 11) is 1.55. The number of halogens is 1. The molecule has 1 saturated heterocycles. The van der Waals surface area contributed by atoms with Crippen LogP contribution < -0.4 is 15.0 Å². The van der Waals surface area contributed by atoms with E-state index in [4.69, 9.17) is 4.74 Å². The standard InChI is InChI=1S/C19H15BrN2O4/c1-11-9-13(5-8-16(11)20)22-18(24)15(17(23)21-19(22)25)10-12-3-6-14(26-2)7-4-12/h3-10H,1-2H3,(H,21,23,25)/b15-10+. The van der Waals surface area contributed by atoms with Crippen molar-refractivity contribution < 1.29 is 19.1 Å². The average Bonchev–Trinajstić information content (AvgIpc) is 2.62. The van der Waals surface area contributed by atoms with Gasteiger partial charge in [-0.2, -0.15) is 0 Å². The molecule has 0 aliphatic carbocycles. The van der Waals surface area contributed by atoms with Gasteiger partial charge in [-0.25, -0.2) is 9.69 Å². The molecule has 0 unspecified atom stereocenters. The molecule has 132 valence electrons. The molecule has 0 bridgehead atoms. The van der Waals surface area contributed by atoms with Crippen molar-refractivity contribution in [1.29, 1.82) is 0 Å². The van der Waals surface area contributed by atoms with E-state index in [1.165, 1.54) is 6.08 Å². The minimum absolute atomic E-state index is 0.115. The van der Waals surface area contributed by atoms with Gasteiger partial charge in [0, 0.05) is 4.47 Å². The molecule has 1 aliphatic heterocycles. The van der Waals surface area contributed by atoms with Crippen LogP contribution in [0.4, 0.5) is 10.5 Å². The number of methoxy groups -OCH3 is 1. The Morgan fingerprint density at radius 1 is 1.08 bits per heavy atom. The van der Waals surface area contributed by atoms with Crippen molar-refractivity contribution in [2.24, 2.45) is 0 Å². The van der Waals surface area contributed by atoms with Crippen LogP contribution in [-0.2, 0) is 9.59 Å². The molecule has 0 radical (unpaired) electrons. The zero-order valence-electron chi connectivity index (χ0n) is 14.1. The molecule has 2 aromatic rings. The van der Waals surface area contributed by atoms with Gasteiger partial charge in [0.25, 0.3) is 11.8 Å². The summed E-state index contributed by atoms with van der Waals surface area (Å²) in [6.07, 6.45) is 1.45. The second-order valence-corrected chi connectivity index (χ2v) is 6.52. The van der Waals surface area contributed by atoms with Gasteiger partial charge in [0.05, 0.1) is 12.8 Å². The number of rotatable bonds is 3. The summed E-state index contributed by atoms with van der Waals surface area (Å²) in [5, 5.41) is 2.21. The summed E-state index contributed by atoms with van der Waals surface area (Å²) in [6.45, 7) is 1.85. The zero-order chi connectivity index (χ0) is 18.8. The summed E-state index contributed by atoms with van der Waals surface area (Å²) < 4.78 is 5.95. The van der Waals surface area contributed by atoms with Crippen molar-refractivity contribution in [3.05, 3.63) is 63.6 Å². The van der Waals surface area contributed by atoms with E-state index in [1.807, 2.05) is 6.92 Å². The Bertz CT molecular complexity index is 935. The van der Waals surface area contributed by atoms with Crippen LogP contribution in [0.25, 0.3) is 6.08 Å². The van der Waals surface area contributed by atoms with Crippen LogP contribution in [0.5, 0.6) is 5.75 Å². The third-order valence-electron chi connectivity index (χ3n) is 3.93. The third-order valence-corrected chi connectivity index (χ3v) is 4.82. The maximum absolute atomic E-state index is 12.8. The number of amides is 4. The number of benzene rings is 2. The molecule has 0 saturated carbocycles. The molecule has 4 amide bonds. The zero-order valence-corrected chi connectivity index (χ0v) is 15.7. The minimum atomic E-state index is -0.770. The van der Waals surface area contributed by atoms with E-state index >= 15 is 0 Å². The predicted octanol–water partition coefficient (Wildman–Crippen LogP) is 3.43. The van der Waals surface area contributed by atoms with E-state index < -0.39 is 17.8 Å². The number of urea groups is 1. The number of carbonyl (C=O) groups excluding carboxylic acids is 3. The van der Waals surface area contributed by atoms with Crippen molar-refractivity contribution in [2.75, 3.05) is 12.0 Å². The Hall–Kier alpha value is -2.93. The highest BCUT2D eigenvalue weighted by atomic mass is 79.9. The number of barbiturate groups is 1. The maximum atomic E-state index is 12.8. The fraction of sp³-hybridized carbons (Fsp3) is 0.105. The second-order valence-electron chi connectivity index (χ2n) is 5.66. The molecule has 0 atom stereocenters. The SMILES string of the molecule is COc1ccc(/C=C2\C(=O)NC(=O)N(c3ccc(Br)c(C)c3)C2=O)cc1. The maximum Gasteiger partial charge on any atom is 0.335 e. The van der Waals surface area contributed by atoms with E-state index in [0.29, 0.717) is 17.0 Å². The van der Waals surface area contributed by atoms with Gasteiger partial charge in [-0.15, -0.1) is 0 Å². The predicted molar refractivity (Wildman–Crippen MR) is 101 cm³/mol. The quantitative estimate of drug-likeness (QED) is 0.616. The van der Waals surface area contributed by atoms with Gasteiger partial charge in [0.15, 0.2) is 0 Å². The van der Waals surface area contributed by atoms with Gasteiger partial charge in [-0.3, -0.25) is 14.9 Å². The van der Waals surface area contributed by atoms with Crippen LogP contribution in [0.15, 0.2) is 52.5 Å². The summed E-state index contributed by atoms with van der Waals surface area (Å²) in [5.41, 5.74) is 1.78. The van der Waals surface area contributed by atoms with Crippen molar-refractivity contribution >= 4 is 45.5 Å². The monoisotopic (exact) mass is 414 g/mol. The molecule has 26 heavy (non-hydrogen) atoms. The van der Waals surface area contributed by atoms with Crippen LogP contribution >= 0.6 is 15.9 Å². The molecule has 0 spiro atoms. The van der Waals surface area contributed by atoms with Crippen LogP contribution in [0.1, 0.15) is 11.1 Å². The summed E-state index contributed by atoms with van der Waals surface area (Å²) >= 11 is 3.38. The number of imide groups is 2. The summed E-state index contributed by atoms with van der Waals surface area (Å²) in [5.74, 6) is -0.731. The lowest BCUT2D eigenvalue weighted by molar-refractivity contribution is -0.122. The molecule has 1 N–H and O–H groups in total. The number of carbonyl (C=O) groups is 3. The van der Waals surface area contributed by atoms with Crippen LogP contribution in [-0.4, -0.2) is 25.0 Å². The normalized spacial score (nSPS) is 16.0. The first-order valence-corrected chi connectivity index (χ1v) is 8.51. The number of aryl methyl sites for hydroxylation is 1. The topological polar surface area (TPSA) is 75.7 Å². The molecule has 0 aromatic heterocycles. The molecule has 2 aromatic carbocycles. The molecule has 1 heterocycles. The van der Waals surface area contributed by atoms with Gasteiger partial charge in [0.1, 0.15) is 11.3 Å². The lowest BCUT2D eigenvalue weighted by Gasteiger charge is -2.26. The minimum Gasteiger partial charge on any atom is -0.497 e. The molecule has 7 heteroatoms. The highest BCUT2D eigenvalue weighted by Gasteiger charge is 2.36. The average molecular weight is 415 g/mol. The van der Waals surface area contributed by atoms with Crippen molar-refractivity contribution in [3.8, 4) is 5.75 Å². The number of nitrogens with zero attached hydrogens (tertiary/aromatic N) is 1. The first-order chi connectivity index (χ1) is 12.4. The first-order valence-electron chi connectivity index (χ1n) is 7.72. The van der Waals surface area contributed by atoms with Crippen LogP contribution in [0.2, 0.25) is 0 Å². The Morgan fingerprint density at radius 3 is 2.38 bits per heavy atom. The fourth-order valence-corrected chi connectivity index (χ4v) is 2.77. The third kappa shape index (κ3) is 3.39. The van der Waals surface area contributed by atoms with Gasteiger partial charge < -0.3 is 4.74 Å². The molecule has 3 rings (SSSR count). The number of ether oxygens (including phenoxy) is 1. The van der Waals surface area contributed by atoms with Gasteiger partial charge in [-0.1, -0.05) is 28.1 Å². The largest absolute Gasteiger partial charge is 0.497 e. The molecule has 1 aliphatic rings. The second kappa shape index (κ2) is 7.13. The van der Waals surface area contributed by atoms with E-state index in [9.17, 15) is 14.4 Å². The van der Waals surface area contributed by atoms with E-state index in [0.717, 1.165) is 14.9 Å². The summed E-state index contributed by atoms with van der Waals surface area (Å²) in [6, 6.07) is 11.2. The van der Waals surface area contributed by atoms with Crippen LogP contribution in [0, 0.1) is 6.92 Å². The lowest BCUT2D eigenvalue weighted by atomic mass is 10.1. The Balaban J connectivity index is 1.99. The van der Waals surface area contributed by atoms with Crippen molar-refractivity contribution in [3.63, 3.8) is 0 Å². The molecule has 6 nitrogen and oxygen atoms in total. The van der Waals surface area contributed by atoms with Gasteiger partial charge in [-0.05, 0) is 54.5 Å². The summed E-state index contributed by atoms with van der Waals surface area (Å²) in [4.78, 5) is 38.1. The molecular weight excluding hydrogens is 400 g/mol. The molecule has 1 fully saturated rings. The van der Waals surface area contributed by atoms with Crippen molar-refractivity contribution in [2.45, 2.75) is 6.92 Å². The number of hydrogen-bond donors (Lipinski definition) is 1. The number of anilines is 1. The Morgan fingerprint density at radius 2 is 1.77 bits per heavy atom. The van der Waals surface area contributed by atoms with E-state index in [2.05, 4.69) is 21.2 Å². The van der Waals surface area contributed by atoms with E-state index in [1.54, 1.807) is 49.6 Å². The first kappa shape index (κ1) is 17.9. The lowest BCUT2D eigenvalue weighted by Crippen LogP contribution is -2.54. The number of nitrogens with one attached hydrogen (secondary N) is 1.